The second-order valence-electron chi connectivity index (χ2n) is 6.89. The summed E-state index contributed by atoms with van der Waals surface area (Å²) in [5.41, 5.74) is 2.84. The van der Waals surface area contributed by atoms with Crippen molar-refractivity contribution >= 4 is 43.2 Å². The number of rotatable bonds is 4. The van der Waals surface area contributed by atoms with Crippen LogP contribution in [-0.2, 0) is 21.2 Å². The molecule has 154 valence electrons. The van der Waals surface area contributed by atoms with Gasteiger partial charge in [0.05, 0.1) is 16.3 Å². The van der Waals surface area contributed by atoms with Gasteiger partial charge >= 0.3 is 0 Å². The number of anilines is 2. The highest BCUT2D eigenvalue weighted by molar-refractivity contribution is 9.10. The molecular formula is C22H18BrFN2O3S. The molecular weight excluding hydrogens is 471 g/mol. The van der Waals surface area contributed by atoms with Crippen LogP contribution in [0.1, 0.15) is 12.5 Å². The molecule has 4 rings (SSSR count). The number of carbonyl (C=O) groups is 1. The summed E-state index contributed by atoms with van der Waals surface area (Å²) in [6.45, 7) is 1.55. The number of amides is 1. The van der Waals surface area contributed by atoms with Crippen LogP contribution < -0.4 is 9.62 Å². The molecule has 1 N–H and O–H groups in total. The maximum Gasteiger partial charge on any atom is 0.265 e. The van der Waals surface area contributed by atoms with Crippen molar-refractivity contribution < 1.29 is 17.6 Å². The summed E-state index contributed by atoms with van der Waals surface area (Å²) in [5.74, 6) is -1.25. The summed E-state index contributed by atoms with van der Waals surface area (Å²) < 4.78 is 42.3. The molecule has 0 fully saturated rings. The van der Waals surface area contributed by atoms with Crippen LogP contribution in [-0.4, -0.2) is 20.9 Å². The molecule has 3 aromatic rings. The molecule has 5 nitrogen and oxygen atoms in total. The molecule has 3 aromatic carbocycles. The van der Waals surface area contributed by atoms with E-state index in [0.717, 1.165) is 21.9 Å². The molecule has 0 aliphatic carbocycles. The van der Waals surface area contributed by atoms with Gasteiger partial charge in [0.25, 0.3) is 10.0 Å². The van der Waals surface area contributed by atoms with Gasteiger partial charge in [0, 0.05) is 15.6 Å². The summed E-state index contributed by atoms with van der Waals surface area (Å²) in [7, 11) is -3.95. The average Bonchev–Trinajstić information content (AvgIpc) is 2.73. The van der Waals surface area contributed by atoms with Crippen molar-refractivity contribution in [3.05, 3.63) is 76.5 Å². The molecule has 30 heavy (non-hydrogen) atoms. The Kier molecular flexibility index (Phi) is 5.38. The van der Waals surface area contributed by atoms with Gasteiger partial charge in [-0.1, -0.05) is 47.1 Å². The van der Waals surface area contributed by atoms with Crippen LogP contribution in [0.5, 0.6) is 0 Å². The Hall–Kier alpha value is -2.71. The van der Waals surface area contributed by atoms with Gasteiger partial charge in [-0.25, -0.2) is 12.8 Å². The molecule has 1 amide bonds. The lowest BCUT2D eigenvalue weighted by molar-refractivity contribution is -0.114. The first-order chi connectivity index (χ1) is 14.3. The highest BCUT2D eigenvalue weighted by atomic mass is 79.9. The van der Waals surface area contributed by atoms with Crippen molar-refractivity contribution in [2.75, 3.05) is 16.2 Å². The zero-order valence-corrected chi connectivity index (χ0v) is 18.4. The number of halogens is 2. The molecule has 0 unspecified atom stereocenters. The normalized spacial score (nSPS) is 14.0. The van der Waals surface area contributed by atoms with Crippen LogP contribution >= 0.6 is 15.9 Å². The van der Waals surface area contributed by atoms with E-state index in [-0.39, 0.29) is 10.6 Å². The fourth-order valence-electron chi connectivity index (χ4n) is 3.48. The fraction of sp³-hybridized carbons (Fsp3) is 0.136. The van der Waals surface area contributed by atoms with Crippen molar-refractivity contribution in [3.63, 3.8) is 0 Å². The lowest BCUT2D eigenvalue weighted by Gasteiger charge is -2.32. The summed E-state index contributed by atoms with van der Waals surface area (Å²) >= 11 is 3.16. The summed E-state index contributed by atoms with van der Waals surface area (Å²) in [6, 6.07) is 16.5. The number of benzene rings is 3. The van der Waals surface area contributed by atoms with Crippen LogP contribution in [0.15, 0.2) is 70.0 Å². The molecule has 1 aliphatic rings. The van der Waals surface area contributed by atoms with Crippen LogP contribution in [0.4, 0.5) is 15.8 Å². The highest BCUT2D eigenvalue weighted by Gasteiger charge is 2.36. The second-order valence-corrected chi connectivity index (χ2v) is 9.63. The monoisotopic (exact) mass is 488 g/mol. The smallest absolute Gasteiger partial charge is 0.265 e. The molecule has 0 atom stereocenters. The number of fused-ring (bicyclic) bond motifs is 3. The minimum absolute atomic E-state index is 0.0143. The number of nitrogens with zero attached hydrogens (tertiary/aromatic N) is 1. The zero-order valence-electron chi connectivity index (χ0n) is 16.0. The van der Waals surface area contributed by atoms with Crippen molar-refractivity contribution in [2.24, 2.45) is 0 Å². The lowest BCUT2D eigenvalue weighted by atomic mass is 9.99. The molecule has 1 aliphatic heterocycles. The predicted octanol–water partition coefficient (Wildman–Crippen LogP) is 4.97. The largest absolute Gasteiger partial charge is 0.322 e. The van der Waals surface area contributed by atoms with Crippen LogP contribution in [0.2, 0.25) is 0 Å². The van der Waals surface area contributed by atoms with Gasteiger partial charge in [0.1, 0.15) is 12.4 Å². The number of hydrogen-bond donors (Lipinski definition) is 1. The third-order valence-corrected chi connectivity index (χ3v) is 7.29. The standard InChI is InChI=1S/C22H18BrFN2O3S/c1-2-14-7-10-20-17(11-14)16-5-3-4-6-21(16)30(28,29)26(20)13-22(27)25-19-9-8-15(23)12-18(19)24/h3-12H,2,13H2,1H3,(H,25,27). The maximum atomic E-state index is 14.1. The van der Waals surface area contributed by atoms with Gasteiger partial charge < -0.3 is 5.32 Å². The first-order valence-corrected chi connectivity index (χ1v) is 11.5. The van der Waals surface area contributed by atoms with E-state index in [0.29, 0.717) is 15.7 Å². The predicted molar refractivity (Wildman–Crippen MR) is 119 cm³/mol. The van der Waals surface area contributed by atoms with E-state index in [2.05, 4.69) is 21.2 Å². The van der Waals surface area contributed by atoms with Crippen molar-refractivity contribution in [3.8, 4) is 11.1 Å². The van der Waals surface area contributed by atoms with Crippen molar-refractivity contribution in [1.29, 1.82) is 0 Å². The summed E-state index contributed by atoms with van der Waals surface area (Å²) in [4.78, 5) is 12.8. The fourth-order valence-corrected chi connectivity index (χ4v) is 5.46. The van der Waals surface area contributed by atoms with Gasteiger partial charge in [0.15, 0.2) is 0 Å². The quantitative estimate of drug-likeness (QED) is 0.563. The summed E-state index contributed by atoms with van der Waals surface area (Å²) in [6.07, 6.45) is 0.797. The van der Waals surface area contributed by atoms with E-state index in [1.165, 1.54) is 18.2 Å². The van der Waals surface area contributed by atoms with Gasteiger partial charge in [-0.05, 0) is 48.4 Å². The van der Waals surface area contributed by atoms with Gasteiger partial charge in [-0.2, -0.15) is 0 Å². The van der Waals surface area contributed by atoms with E-state index in [4.69, 9.17) is 0 Å². The van der Waals surface area contributed by atoms with Gasteiger partial charge in [-0.15, -0.1) is 0 Å². The second kappa shape index (κ2) is 7.85. The van der Waals surface area contributed by atoms with E-state index >= 15 is 0 Å². The highest BCUT2D eigenvalue weighted by Crippen LogP contribution is 2.43. The van der Waals surface area contributed by atoms with Crippen molar-refractivity contribution in [1.82, 2.24) is 0 Å². The maximum absolute atomic E-state index is 14.1. The Bertz CT molecular complexity index is 1260. The van der Waals surface area contributed by atoms with Gasteiger partial charge in [0.2, 0.25) is 5.91 Å². The Morgan fingerprint density at radius 3 is 2.57 bits per heavy atom. The number of sulfonamides is 1. The SMILES string of the molecule is CCc1ccc2c(c1)-c1ccccc1S(=O)(=O)N2CC(=O)Nc1ccc(Br)cc1F. The Labute approximate surface area is 182 Å². The Morgan fingerprint density at radius 1 is 1.07 bits per heavy atom. The van der Waals surface area contributed by atoms with E-state index in [1.54, 1.807) is 30.3 Å². The average molecular weight is 489 g/mol. The third kappa shape index (κ3) is 3.61. The van der Waals surface area contributed by atoms with Crippen molar-refractivity contribution in [2.45, 2.75) is 18.2 Å². The Morgan fingerprint density at radius 2 is 1.83 bits per heavy atom. The third-order valence-electron chi connectivity index (χ3n) is 4.98. The van der Waals surface area contributed by atoms with Crippen LogP contribution in [0.3, 0.4) is 0 Å². The Balaban J connectivity index is 1.73. The topological polar surface area (TPSA) is 66.5 Å². The first-order valence-electron chi connectivity index (χ1n) is 9.31. The van der Waals surface area contributed by atoms with E-state index in [9.17, 15) is 17.6 Å². The summed E-state index contributed by atoms with van der Waals surface area (Å²) in [5, 5.41) is 2.46. The first kappa shape index (κ1) is 20.6. The molecule has 0 spiro atoms. The minimum atomic E-state index is -3.95. The van der Waals surface area contributed by atoms with E-state index < -0.39 is 28.3 Å². The molecule has 0 aromatic heterocycles. The molecule has 0 saturated carbocycles. The number of carbonyl (C=O) groups excluding carboxylic acids is 1. The molecule has 0 saturated heterocycles. The molecule has 1 heterocycles. The zero-order chi connectivity index (χ0) is 21.5. The van der Waals surface area contributed by atoms with Gasteiger partial charge in [-0.3, -0.25) is 9.10 Å². The minimum Gasteiger partial charge on any atom is -0.322 e. The number of hydrogen-bond acceptors (Lipinski definition) is 3. The molecule has 8 heteroatoms. The molecule has 0 bridgehead atoms. The van der Waals surface area contributed by atoms with E-state index in [1.807, 2.05) is 19.1 Å². The van der Waals surface area contributed by atoms with Crippen LogP contribution in [0.25, 0.3) is 11.1 Å². The number of aryl methyl sites for hydroxylation is 1. The molecule has 0 radical (unpaired) electrons. The van der Waals surface area contributed by atoms with Crippen LogP contribution in [0, 0.1) is 5.82 Å². The number of nitrogens with one attached hydrogen (secondary N) is 1. The lowest BCUT2D eigenvalue weighted by Crippen LogP contribution is -2.40.